The fourth-order valence-electron chi connectivity index (χ4n) is 1.35. The van der Waals surface area contributed by atoms with Crippen molar-refractivity contribution in [3.8, 4) is 11.5 Å². The average Bonchev–Trinajstić information content (AvgIpc) is 2.35. The first-order chi connectivity index (χ1) is 8.58. The van der Waals surface area contributed by atoms with Crippen molar-refractivity contribution < 1.29 is 15.0 Å². The minimum Gasteiger partial charge on any atom is -0.504 e. The number of anilines is 1. The lowest BCUT2D eigenvalue weighted by Gasteiger charge is -2.06. The Balaban J connectivity index is 2.22. The topological polar surface area (TPSA) is 82.5 Å². The van der Waals surface area contributed by atoms with Crippen LogP contribution in [0, 0.1) is 0 Å². The lowest BCUT2D eigenvalue weighted by molar-refractivity contribution is 0.102. The quantitative estimate of drug-likeness (QED) is 0.728. The van der Waals surface area contributed by atoms with Crippen LogP contribution in [-0.4, -0.2) is 21.1 Å². The first-order valence-electron chi connectivity index (χ1n) is 5.02. The predicted octanol–water partition coefficient (Wildman–Crippen LogP) is 2.40. The second-order valence-corrected chi connectivity index (χ2v) is 3.93. The van der Waals surface area contributed by atoms with Gasteiger partial charge in [-0.3, -0.25) is 4.79 Å². The summed E-state index contributed by atoms with van der Waals surface area (Å²) in [6.07, 6.45) is 1.39. The summed E-state index contributed by atoms with van der Waals surface area (Å²) >= 11 is 5.66. The number of aromatic hydroxyl groups is 2. The zero-order chi connectivity index (χ0) is 13.1. The van der Waals surface area contributed by atoms with Gasteiger partial charge in [0.2, 0.25) is 0 Å². The number of pyridine rings is 1. The van der Waals surface area contributed by atoms with Gasteiger partial charge in [0.1, 0.15) is 5.82 Å². The Bertz CT molecular complexity index is 584. The van der Waals surface area contributed by atoms with Crippen LogP contribution in [0.25, 0.3) is 0 Å². The third kappa shape index (κ3) is 2.52. The lowest BCUT2D eigenvalue weighted by Crippen LogP contribution is -2.12. The number of nitrogens with one attached hydrogen (secondary N) is 1. The molecule has 2 aromatic rings. The van der Waals surface area contributed by atoms with Gasteiger partial charge in [-0.25, -0.2) is 4.98 Å². The fourth-order valence-corrected chi connectivity index (χ4v) is 1.46. The van der Waals surface area contributed by atoms with Crippen molar-refractivity contribution in [2.24, 2.45) is 0 Å². The first-order valence-corrected chi connectivity index (χ1v) is 5.39. The number of phenolic OH excluding ortho intramolecular Hbond substituents is 2. The SMILES string of the molecule is O=C(Nc1ccc(Cl)cn1)c1cccc(O)c1O. The fraction of sp³-hybridized carbons (Fsp3) is 0. The van der Waals surface area contributed by atoms with Gasteiger partial charge < -0.3 is 15.5 Å². The molecule has 1 aromatic carbocycles. The van der Waals surface area contributed by atoms with Crippen molar-refractivity contribution in [3.63, 3.8) is 0 Å². The number of benzene rings is 1. The summed E-state index contributed by atoms with van der Waals surface area (Å²) in [5.41, 5.74) is -0.0354. The molecular formula is C12H9ClN2O3. The summed E-state index contributed by atoms with van der Waals surface area (Å²) in [6, 6.07) is 7.23. The predicted molar refractivity (Wildman–Crippen MR) is 67.0 cm³/mol. The number of phenols is 2. The minimum atomic E-state index is -0.571. The number of nitrogens with zero attached hydrogens (tertiary/aromatic N) is 1. The number of hydrogen-bond acceptors (Lipinski definition) is 4. The molecule has 2 rings (SSSR count). The molecule has 0 fully saturated rings. The Kier molecular flexibility index (Phi) is 3.34. The van der Waals surface area contributed by atoms with Gasteiger partial charge in [0.25, 0.3) is 5.91 Å². The maximum absolute atomic E-state index is 11.8. The van der Waals surface area contributed by atoms with Crippen molar-refractivity contribution in [1.82, 2.24) is 4.98 Å². The van der Waals surface area contributed by atoms with E-state index in [-0.39, 0.29) is 11.3 Å². The van der Waals surface area contributed by atoms with Gasteiger partial charge in [0, 0.05) is 6.20 Å². The Morgan fingerprint density at radius 3 is 2.67 bits per heavy atom. The highest BCUT2D eigenvalue weighted by atomic mass is 35.5. The van der Waals surface area contributed by atoms with Crippen LogP contribution in [0.5, 0.6) is 11.5 Å². The van der Waals surface area contributed by atoms with Crippen LogP contribution >= 0.6 is 11.6 Å². The molecule has 0 spiro atoms. The Labute approximate surface area is 108 Å². The van der Waals surface area contributed by atoms with E-state index in [0.717, 1.165) is 0 Å². The Morgan fingerprint density at radius 1 is 1.22 bits per heavy atom. The zero-order valence-corrected chi connectivity index (χ0v) is 9.85. The van der Waals surface area contributed by atoms with E-state index in [1.165, 1.54) is 30.5 Å². The molecular weight excluding hydrogens is 256 g/mol. The second kappa shape index (κ2) is 4.93. The molecule has 0 saturated heterocycles. The van der Waals surface area contributed by atoms with E-state index in [0.29, 0.717) is 10.8 Å². The van der Waals surface area contributed by atoms with Crippen molar-refractivity contribution in [2.45, 2.75) is 0 Å². The number of hydrogen-bond donors (Lipinski definition) is 3. The third-order valence-corrected chi connectivity index (χ3v) is 2.45. The highest BCUT2D eigenvalue weighted by Crippen LogP contribution is 2.28. The van der Waals surface area contributed by atoms with E-state index < -0.39 is 11.7 Å². The van der Waals surface area contributed by atoms with Crippen LogP contribution in [0.4, 0.5) is 5.82 Å². The highest BCUT2D eigenvalue weighted by Gasteiger charge is 2.14. The van der Waals surface area contributed by atoms with E-state index >= 15 is 0 Å². The molecule has 1 heterocycles. The van der Waals surface area contributed by atoms with Gasteiger partial charge in [-0.2, -0.15) is 0 Å². The van der Waals surface area contributed by atoms with E-state index in [1.807, 2.05) is 0 Å². The first kappa shape index (κ1) is 12.2. The molecule has 0 aliphatic rings. The van der Waals surface area contributed by atoms with Gasteiger partial charge in [0.15, 0.2) is 11.5 Å². The van der Waals surface area contributed by atoms with E-state index in [9.17, 15) is 15.0 Å². The van der Waals surface area contributed by atoms with Gasteiger partial charge in [-0.1, -0.05) is 17.7 Å². The summed E-state index contributed by atoms with van der Waals surface area (Å²) in [4.78, 5) is 15.7. The minimum absolute atomic E-state index is 0.0354. The second-order valence-electron chi connectivity index (χ2n) is 3.49. The maximum Gasteiger partial charge on any atom is 0.260 e. The zero-order valence-electron chi connectivity index (χ0n) is 9.09. The average molecular weight is 265 g/mol. The summed E-state index contributed by atoms with van der Waals surface area (Å²) in [5, 5.41) is 21.8. The van der Waals surface area contributed by atoms with Crippen molar-refractivity contribution >= 4 is 23.3 Å². The van der Waals surface area contributed by atoms with Gasteiger partial charge in [-0.15, -0.1) is 0 Å². The van der Waals surface area contributed by atoms with Crippen LogP contribution in [0.3, 0.4) is 0 Å². The molecule has 0 bridgehead atoms. The molecule has 6 heteroatoms. The molecule has 5 nitrogen and oxygen atoms in total. The van der Waals surface area contributed by atoms with Crippen LogP contribution in [0.2, 0.25) is 5.02 Å². The van der Waals surface area contributed by atoms with E-state index in [4.69, 9.17) is 11.6 Å². The number of carbonyl (C=O) groups is 1. The standard InChI is InChI=1S/C12H9ClN2O3/c13-7-4-5-10(14-6-7)15-12(18)8-2-1-3-9(16)11(8)17/h1-6,16-17H,(H,14,15,18). The Morgan fingerprint density at radius 2 is 2.00 bits per heavy atom. The maximum atomic E-state index is 11.8. The molecule has 0 aliphatic carbocycles. The molecule has 0 aliphatic heterocycles. The van der Waals surface area contributed by atoms with Crippen LogP contribution < -0.4 is 5.32 Å². The van der Waals surface area contributed by atoms with Gasteiger partial charge in [-0.05, 0) is 24.3 Å². The molecule has 92 valence electrons. The van der Waals surface area contributed by atoms with Crippen LogP contribution in [0.1, 0.15) is 10.4 Å². The summed E-state index contributed by atoms with van der Waals surface area (Å²) in [5.74, 6) is -1.10. The van der Waals surface area contributed by atoms with E-state index in [2.05, 4.69) is 10.3 Å². The normalized spacial score (nSPS) is 10.1. The summed E-state index contributed by atoms with van der Waals surface area (Å²) in [7, 11) is 0. The number of para-hydroxylation sites is 1. The lowest BCUT2D eigenvalue weighted by atomic mass is 10.1. The smallest absolute Gasteiger partial charge is 0.260 e. The van der Waals surface area contributed by atoms with Crippen molar-refractivity contribution in [1.29, 1.82) is 0 Å². The van der Waals surface area contributed by atoms with Crippen molar-refractivity contribution in [2.75, 3.05) is 5.32 Å². The molecule has 0 unspecified atom stereocenters. The monoisotopic (exact) mass is 264 g/mol. The van der Waals surface area contributed by atoms with Gasteiger partial charge in [0.05, 0.1) is 10.6 Å². The van der Waals surface area contributed by atoms with E-state index in [1.54, 1.807) is 6.07 Å². The number of amides is 1. The number of rotatable bonds is 2. The largest absolute Gasteiger partial charge is 0.504 e. The molecule has 3 N–H and O–H groups in total. The van der Waals surface area contributed by atoms with Crippen LogP contribution in [-0.2, 0) is 0 Å². The number of aromatic nitrogens is 1. The van der Waals surface area contributed by atoms with Crippen LogP contribution in [0.15, 0.2) is 36.5 Å². The molecule has 1 aromatic heterocycles. The molecule has 18 heavy (non-hydrogen) atoms. The number of halogens is 1. The highest BCUT2D eigenvalue weighted by molar-refractivity contribution is 6.30. The van der Waals surface area contributed by atoms with Crippen molar-refractivity contribution in [3.05, 3.63) is 47.1 Å². The molecule has 0 atom stereocenters. The third-order valence-electron chi connectivity index (χ3n) is 2.23. The van der Waals surface area contributed by atoms with Gasteiger partial charge >= 0.3 is 0 Å². The Hall–Kier alpha value is -2.27. The number of carbonyl (C=O) groups excluding carboxylic acids is 1. The summed E-state index contributed by atoms with van der Waals surface area (Å²) < 4.78 is 0. The molecule has 1 amide bonds. The molecule has 0 saturated carbocycles. The summed E-state index contributed by atoms with van der Waals surface area (Å²) in [6.45, 7) is 0. The molecule has 0 radical (unpaired) electrons.